The molecule has 0 saturated heterocycles. The van der Waals surface area contributed by atoms with Crippen LogP contribution in [0.2, 0.25) is 0 Å². The summed E-state index contributed by atoms with van der Waals surface area (Å²) in [6.45, 7) is 5.05. The first-order chi connectivity index (χ1) is 4.34. The standard InChI is InChI=1S/C7H6O2/c1-2-6(8)7-4-3-5-9-7/h1,3-5H,2H2. The van der Waals surface area contributed by atoms with E-state index in [2.05, 4.69) is 0 Å². The number of ketones is 1. The molecule has 1 aromatic heterocycles. The summed E-state index contributed by atoms with van der Waals surface area (Å²) in [5.74, 6) is 0.164. The summed E-state index contributed by atoms with van der Waals surface area (Å²) < 4.78 is 4.76. The highest BCUT2D eigenvalue weighted by atomic mass is 16.3. The summed E-state index contributed by atoms with van der Waals surface area (Å²) in [6, 6.07) is 3.25. The van der Waals surface area contributed by atoms with Crippen molar-refractivity contribution < 1.29 is 9.21 Å². The molecule has 0 saturated carbocycles. The van der Waals surface area contributed by atoms with Crippen molar-refractivity contribution in [2.45, 2.75) is 6.42 Å². The minimum absolute atomic E-state index is 0.00745. The molecule has 0 spiro atoms. The molecule has 2 nitrogen and oxygen atoms in total. The maximum Gasteiger partial charge on any atom is 0.198 e. The van der Waals surface area contributed by atoms with Crippen LogP contribution in [-0.2, 0) is 0 Å². The van der Waals surface area contributed by atoms with E-state index in [1.54, 1.807) is 12.1 Å². The van der Waals surface area contributed by atoms with Crippen molar-refractivity contribution in [2.24, 2.45) is 0 Å². The van der Waals surface area contributed by atoms with Crippen molar-refractivity contribution in [3.8, 4) is 0 Å². The number of carbonyl (C=O) groups is 1. The maximum absolute atomic E-state index is 10.7. The lowest BCUT2D eigenvalue weighted by Gasteiger charge is -1.85. The Morgan fingerprint density at radius 1 is 1.78 bits per heavy atom. The van der Waals surface area contributed by atoms with Crippen LogP contribution in [0.4, 0.5) is 0 Å². The molecule has 0 aliphatic heterocycles. The second-order valence-corrected chi connectivity index (χ2v) is 1.60. The fourth-order valence-electron chi connectivity index (χ4n) is 0.538. The monoisotopic (exact) mass is 122 g/mol. The minimum atomic E-state index is -0.167. The lowest BCUT2D eigenvalue weighted by molar-refractivity contribution is 0.0968. The Hall–Kier alpha value is -1.05. The van der Waals surface area contributed by atoms with Crippen LogP contribution in [0.3, 0.4) is 0 Å². The van der Waals surface area contributed by atoms with E-state index in [0.29, 0.717) is 5.76 Å². The van der Waals surface area contributed by atoms with Crippen LogP contribution in [0.5, 0.6) is 0 Å². The molecule has 0 fully saturated rings. The van der Waals surface area contributed by atoms with Gasteiger partial charge in [0.1, 0.15) is 0 Å². The van der Waals surface area contributed by atoms with Crippen LogP contribution >= 0.6 is 0 Å². The fourth-order valence-corrected chi connectivity index (χ4v) is 0.538. The highest BCUT2D eigenvalue weighted by Gasteiger charge is 2.03. The summed E-state index contributed by atoms with van der Waals surface area (Å²) in [5.41, 5.74) is 0. The van der Waals surface area contributed by atoms with Crippen LogP contribution in [0.15, 0.2) is 22.8 Å². The van der Waals surface area contributed by atoms with Gasteiger partial charge in [0.05, 0.1) is 6.26 Å². The largest absolute Gasteiger partial charge is 0.461 e. The summed E-state index contributed by atoms with van der Waals surface area (Å²) >= 11 is 0. The lowest BCUT2D eigenvalue weighted by Crippen LogP contribution is -1.92. The summed E-state index contributed by atoms with van der Waals surface area (Å²) in [7, 11) is 0. The van der Waals surface area contributed by atoms with E-state index < -0.39 is 0 Å². The first-order valence-corrected chi connectivity index (χ1v) is 2.61. The highest BCUT2D eigenvalue weighted by molar-refractivity contribution is 5.93. The van der Waals surface area contributed by atoms with Gasteiger partial charge in [-0.15, -0.1) is 0 Å². The lowest BCUT2D eigenvalue weighted by atomic mass is 10.2. The molecule has 1 rings (SSSR count). The third kappa shape index (κ3) is 1.19. The Balaban J connectivity index is 2.77. The van der Waals surface area contributed by atoms with Gasteiger partial charge in [0.2, 0.25) is 0 Å². The van der Waals surface area contributed by atoms with Gasteiger partial charge < -0.3 is 4.42 Å². The van der Waals surface area contributed by atoms with E-state index in [9.17, 15) is 4.79 Å². The van der Waals surface area contributed by atoms with E-state index in [1.165, 1.54) is 6.26 Å². The topological polar surface area (TPSA) is 30.2 Å². The smallest absolute Gasteiger partial charge is 0.198 e. The van der Waals surface area contributed by atoms with Gasteiger partial charge in [0.15, 0.2) is 11.5 Å². The molecular weight excluding hydrogens is 116 g/mol. The zero-order valence-electron chi connectivity index (χ0n) is 4.83. The zero-order valence-corrected chi connectivity index (χ0v) is 4.83. The molecule has 1 heterocycles. The fraction of sp³-hybridized carbons (Fsp3) is 0.143. The van der Waals surface area contributed by atoms with Crippen molar-refractivity contribution >= 4 is 5.78 Å². The minimum Gasteiger partial charge on any atom is -0.461 e. The van der Waals surface area contributed by atoms with Crippen molar-refractivity contribution in [1.82, 2.24) is 0 Å². The molecular formula is C7H6O2. The third-order valence-electron chi connectivity index (χ3n) is 0.981. The summed E-state index contributed by atoms with van der Waals surface area (Å²) in [6.07, 6.45) is 1.45. The Bertz CT molecular complexity index is 187. The second kappa shape index (κ2) is 2.49. The van der Waals surface area contributed by atoms with E-state index in [4.69, 9.17) is 11.3 Å². The van der Waals surface area contributed by atoms with Crippen LogP contribution in [0, 0.1) is 6.92 Å². The number of hydrogen-bond acceptors (Lipinski definition) is 2. The molecule has 2 heteroatoms. The maximum atomic E-state index is 10.7. The van der Waals surface area contributed by atoms with E-state index in [1.807, 2.05) is 0 Å². The number of rotatable bonds is 2. The Kier molecular flexibility index (Phi) is 1.68. The first-order valence-electron chi connectivity index (χ1n) is 2.61. The summed E-state index contributed by atoms with van der Waals surface area (Å²) in [5, 5.41) is 0. The number of hydrogen-bond donors (Lipinski definition) is 0. The van der Waals surface area contributed by atoms with Gasteiger partial charge in [-0.25, -0.2) is 0 Å². The molecule has 1 aromatic rings. The van der Waals surface area contributed by atoms with Crippen molar-refractivity contribution in [2.75, 3.05) is 0 Å². The van der Waals surface area contributed by atoms with Crippen LogP contribution < -0.4 is 0 Å². The average molecular weight is 122 g/mol. The quantitative estimate of drug-likeness (QED) is 0.557. The number of Topliss-reactive ketones (excluding diaryl/α,β-unsaturated/α-hetero) is 1. The van der Waals surface area contributed by atoms with E-state index in [-0.39, 0.29) is 12.2 Å². The molecule has 2 radical (unpaired) electrons. The Morgan fingerprint density at radius 2 is 2.56 bits per heavy atom. The average Bonchev–Trinajstić information content (AvgIpc) is 2.37. The highest BCUT2D eigenvalue weighted by Crippen LogP contribution is 2.02. The van der Waals surface area contributed by atoms with Crippen molar-refractivity contribution in [3.63, 3.8) is 0 Å². The van der Waals surface area contributed by atoms with E-state index >= 15 is 0 Å². The predicted molar refractivity (Wildman–Crippen MR) is 32.0 cm³/mol. The molecule has 0 N–H and O–H groups in total. The molecule has 0 atom stereocenters. The van der Waals surface area contributed by atoms with Crippen molar-refractivity contribution in [1.29, 1.82) is 0 Å². The molecule has 0 aliphatic carbocycles. The molecule has 0 unspecified atom stereocenters. The SMILES string of the molecule is [CH]CC(=O)c1ccco1. The van der Waals surface area contributed by atoms with Gasteiger partial charge in [-0.2, -0.15) is 0 Å². The number of carbonyl (C=O) groups excluding carboxylic acids is 1. The van der Waals surface area contributed by atoms with Gasteiger partial charge >= 0.3 is 0 Å². The normalized spacial score (nSPS) is 9.44. The number of furan rings is 1. The molecule has 9 heavy (non-hydrogen) atoms. The van der Waals surface area contributed by atoms with Gasteiger partial charge in [-0.3, -0.25) is 4.79 Å². The predicted octanol–water partition coefficient (Wildman–Crippen LogP) is 1.56. The summed E-state index contributed by atoms with van der Waals surface area (Å²) in [4.78, 5) is 10.7. The molecule has 46 valence electrons. The van der Waals surface area contributed by atoms with Crippen LogP contribution in [0.1, 0.15) is 17.0 Å². The second-order valence-electron chi connectivity index (χ2n) is 1.60. The molecule has 0 amide bonds. The Morgan fingerprint density at radius 3 is 3.00 bits per heavy atom. The molecule has 0 aromatic carbocycles. The van der Waals surface area contributed by atoms with Gasteiger partial charge in [-0.05, 0) is 19.1 Å². The van der Waals surface area contributed by atoms with Gasteiger partial charge in [0.25, 0.3) is 0 Å². The van der Waals surface area contributed by atoms with E-state index in [0.717, 1.165) is 0 Å². The van der Waals surface area contributed by atoms with Gasteiger partial charge in [-0.1, -0.05) is 0 Å². The molecule has 0 aliphatic rings. The first kappa shape index (κ1) is 6.08. The van der Waals surface area contributed by atoms with Crippen molar-refractivity contribution in [3.05, 3.63) is 31.1 Å². The zero-order chi connectivity index (χ0) is 6.69. The van der Waals surface area contributed by atoms with Crippen LogP contribution in [0.25, 0.3) is 0 Å². The third-order valence-corrected chi connectivity index (χ3v) is 0.981. The van der Waals surface area contributed by atoms with Crippen LogP contribution in [-0.4, -0.2) is 5.78 Å². The Labute approximate surface area is 53.5 Å². The van der Waals surface area contributed by atoms with Gasteiger partial charge in [0, 0.05) is 6.42 Å². The molecule has 0 bridgehead atoms.